The molecule has 0 amide bonds. The molecule has 0 atom stereocenters. The normalized spacial score (nSPS) is 9.89. The van der Waals surface area contributed by atoms with Crippen molar-refractivity contribution >= 4 is 11.5 Å². The van der Waals surface area contributed by atoms with Gasteiger partial charge in [-0.15, -0.1) is 0 Å². The lowest BCUT2D eigenvalue weighted by molar-refractivity contribution is -0.385. The highest BCUT2D eigenvalue weighted by atomic mass is 16.6. The molecule has 0 bridgehead atoms. The SMILES string of the molecule is N=C(N)c1nccnc1Oc1ccccc1[N+](=O)[O-]. The third-order valence-corrected chi connectivity index (χ3v) is 2.19. The van der Waals surface area contributed by atoms with Crippen LogP contribution in [0.4, 0.5) is 5.69 Å². The number of benzene rings is 1. The maximum absolute atomic E-state index is 10.9. The molecule has 1 aromatic carbocycles. The molecule has 1 heterocycles. The Morgan fingerprint density at radius 2 is 2.00 bits per heavy atom. The van der Waals surface area contributed by atoms with Gasteiger partial charge in [-0.2, -0.15) is 0 Å². The van der Waals surface area contributed by atoms with Crippen LogP contribution >= 0.6 is 0 Å². The van der Waals surface area contributed by atoms with Gasteiger partial charge in [0.2, 0.25) is 11.6 Å². The summed E-state index contributed by atoms with van der Waals surface area (Å²) < 4.78 is 5.33. The first kappa shape index (κ1) is 12.4. The van der Waals surface area contributed by atoms with Gasteiger partial charge in [-0.3, -0.25) is 15.5 Å². The van der Waals surface area contributed by atoms with Crippen LogP contribution in [0.3, 0.4) is 0 Å². The fraction of sp³-hybridized carbons (Fsp3) is 0. The average Bonchev–Trinajstić information content (AvgIpc) is 2.39. The van der Waals surface area contributed by atoms with Crippen molar-refractivity contribution in [1.82, 2.24) is 9.97 Å². The molecule has 1 aromatic heterocycles. The molecule has 0 unspecified atom stereocenters. The number of rotatable bonds is 4. The van der Waals surface area contributed by atoms with Crippen LogP contribution < -0.4 is 10.5 Å². The molecule has 8 nitrogen and oxygen atoms in total. The minimum atomic E-state index is -0.570. The lowest BCUT2D eigenvalue weighted by Gasteiger charge is -2.07. The largest absolute Gasteiger partial charge is 0.430 e. The average molecular weight is 259 g/mol. The monoisotopic (exact) mass is 259 g/mol. The van der Waals surface area contributed by atoms with E-state index in [1.165, 1.54) is 30.6 Å². The van der Waals surface area contributed by atoms with Gasteiger partial charge < -0.3 is 10.5 Å². The van der Waals surface area contributed by atoms with Crippen molar-refractivity contribution in [3.05, 3.63) is 52.5 Å². The van der Waals surface area contributed by atoms with E-state index in [0.717, 1.165) is 0 Å². The second kappa shape index (κ2) is 5.08. The fourth-order valence-electron chi connectivity index (χ4n) is 1.38. The van der Waals surface area contributed by atoms with Gasteiger partial charge in [0, 0.05) is 18.5 Å². The quantitative estimate of drug-likeness (QED) is 0.370. The molecule has 8 heteroatoms. The van der Waals surface area contributed by atoms with Gasteiger partial charge in [-0.25, -0.2) is 9.97 Å². The Bertz CT molecular complexity index is 588. The van der Waals surface area contributed by atoms with E-state index in [1.54, 1.807) is 6.07 Å². The standard InChI is InChI=1S/C11H9N5O3/c12-10(13)9-11(15-6-5-14-9)19-8-4-2-1-3-7(8)16(17)18/h1-6H,(H3,12,13). The first-order valence-electron chi connectivity index (χ1n) is 5.16. The zero-order valence-electron chi connectivity index (χ0n) is 9.61. The van der Waals surface area contributed by atoms with Crippen molar-refractivity contribution in [3.63, 3.8) is 0 Å². The molecule has 96 valence electrons. The Labute approximate surface area is 107 Å². The molecule has 0 saturated heterocycles. The molecule has 0 saturated carbocycles. The van der Waals surface area contributed by atoms with Crippen LogP contribution in [0, 0.1) is 15.5 Å². The Hall–Kier alpha value is -3.03. The molecule has 2 rings (SSSR count). The van der Waals surface area contributed by atoms with Crippen molar-refractivity contribution in [2.75, 3.05) is 0 Å². The number of hydrogen-bond donors (Lipinski definition) is 2. The number of nitrogens with two attached hydrogens (primary N) is 1. The van der Waals surface area contributed by atoms with Crippen molar-refractivity contribution < 1.29 is 9.66 Å². The predicted molar refractivity (Wildman–Crippen MR) is 66.2 cm³/mol. The summed E-state index contributed by atoms with van der Waals surface area (Å²) in [6.45, 7) is 0. The Balaban J connectivity index is 2.42. The van der Waals surface area contributed by atoms with Gasteiger partial charge in [0.05, 0.1) is 4.92 Å². The number of nitrogen functional groups attached to an aromatic ring is 1. The van der Waals surface area contributed by atoms with Crippen molar-refractivity contribution in [1.29, 1.82) is 5.41 Å². The number of aromatic nitrogens is 2. The van der Waals surface area contributed by atoms with Crippen LogP contribution in [0.25, 0.3) is 0 Å². The van der Waals surface area contributed by atoms with Crippen molar-refractivity contribution in [2.45, 2.75) is 0 Å². The molecule has 0 spiro atoms. The third-order valence-electron chi connectivity index (χ3n) is 2.19. The lowest BCUT2D eigenvalue weighted by Crippen LogP contribution is -2.15. The third kappa shape index (κ3) is 2.63. The number of nitro groups is 1. The highest BCUT2D eigenvalue weighted by molar-refractivity contribution is 5.95. The summed E-state index contributed by atoms with van der Waals surface area (Å²) in [7, 11) is 0. The summed E-state index contributed by atoms with van der Waals surface area (Å²) in [6.07, 6.45) is 2.69. The summed E-state index contributed by atoms with van der Waals surface area (Å²) in [4.78, 5) is 18.0. The molecule has 0 aliphatic heterocycles. The number of nitro benzene ring substituents is 1. The highest BCUT2D eigenvalue weighted by Crippen LogP contribution is 2.30. The molecular formula is C11H9N5O3. The molecule has 2 aromatic rings. The molecule has 0 fully saturated rings. The summed E-state index contributed by atoms with van der Waals surface area (Å²) >= 11 is 0. The Kier molecular flexibility index (Phi) is 3.33. The molecule has 3 N–H and O–H groups in total. The zero-order chi connectivity index (χ0) is 13.8. The van der Waals surface area contributed by atoms with Crippen LogP contribution in [-0.4, -0.2) is 20.7 Å². The molecule has 19 heavy (non-hydrogen) atoms. The maximum atomic E-state index is 10.9. The van der Waals surface area contributed by atoms with E-state index in [2.05, 4.69) is 9.97 Å². The van der Waals surface area contributed by atoms with E-state index >= 15 is 0 Å². The van der Waals surface area contributed by atoms with Gasteiger partial charge in [-0.05, 0) is 6.07 Å². The second-order valence-electron chi connectivity index (χ2n) is 3.45. The van der Waals surface area contributed by atoms with E-state index in [9.17, 15) is 10.1 Å². The molecule has 0 radical (unpaired) electrons. The highest BCUT2D eigenvalue weighted by Gasteiger charge is 2.17. The van der Waals surface area contributed by atoms with E-state index in [-0.39, 0.29) is 28.8 Å². The van der Waals surface area contributed by atoms with Gasteiger partial charge in [0.1, 0.15) is 5.84 Å². The first-order chi connectivity index (χ1) is 9.09. The van der Waals surface area contributed by atoms with Gasteiger partial charge in [0.25, 0.3) is 0 Å². The minimum Gasteiger partial charge on any atom is -0.430 e. The number of amidine groups is 1. The number of para-hydroxylation sites is 2. The lowest BCUT2D eigenvalue weighted by atomic mass is 10.3. The van der Waals surface area contributed by atoms with Crippen LogP contribution in [-0.2, 0) is 0 Å². The van der Waals surface area contributed by atoms with Gasteiger partial charge in [0.15, 0.2) is 5.69 Å². The van der Waals surface area contributed by atoms with Crippen LogP contribution in [0.15, 0.2) is 36.7 Å². The molecule has 0 aliphatic carbocycles. The molecular weight excluding hydrogens is 250 g/mol. The van der Waals surface area contributed by atoms with Crippen LogP contribution in [0.1, 0.15) is 5.69 Å². The Morgan fingerprint density at radius 3 is 2.68 bits per heavy atom. The molecule has 0 aliphatic rings. The number of nitrogens with zero attached hydrogens (tertiary/aromatic N) is 3. The maximum Gasteiger partial charge on any atom is 0.311 e. The van der Waals surface area contributed by atoms with Gasteiger partial charge >= 0.3 is 5.69 Å². The van der Waals surface area contributed by atoms with Crippen molar-refractivity contribution in [2.24, 2.45) is 5.73 Å². The number of ether oxygens (including phenoxy) is 1. The number of nitrogens with one attached hydrogen (secondary N) is 1. The van der Waals surface area contributed by atoms with E-state index in [0.29, 0.717) is 0 Å². The second-order valence-corrected chi connectivity index (χ2v) is 3.45. The zero-order valence-corrected chi connectivity index (χ0v) is 9.61. The van der Waals surface area contributed by atoms with Crippen molar-refractivity contribution in [3.8, 4) is 11.6 Å². The van der Waals surface area contributed by atoms with Crippen LogP contribution in [0.5, 0.6) is 11.6 Å². The van der Waals surface area contributed by atoms with E-state index < -0.39 is 4.92 Å². The first-order valence-corrected chi connectivity index (χ1v) is 5.16. The minimum absolute atomic E-state index is 0.00972. The Morgan fingerprint density at radius 1 is 1.32 bits per heavy atom. The van der Waals surface area contributed by atoms with Gasteiger partial charge in [-0.1, -0.05) is 12.1 Å². The summed E-state index contributed by atoms with van der Waals surface area (Å²) in [5.74, 6) is -0.374. The van der Waals surface area contributed by atoms with E-state index in [1.807, 2.05) is 0 Å². The summed E-state index contributed by atoms with van der Waals surface area (Å²) in [5.41, 5.74) is 5.16. The smallest absolute Gasteiger partial charge is 0.311 e. The summed E-state index contributed by atoms with van der Waals surface area (Å²) in [6, 6.07) is 5.84. The predicted octanol–water partition coefficient (Wildman–Crippen LogP) is 1.46. The van der Waals surface area contributed by atoms with Crippen LogP contribution in [0.2, 0.25) is 0 Å². The number of hydrogen-bond acceptors (Lipinski definition) is 6. The summed E-state index contributed by atoms with van der Waals surface area (Å²) in [5, 5.41) is 18.2. The topological polar surface area (TPSA) is 128 Å². The van der Waals surface area contributed by atoms with E-state index in [4.69, 9.17) is 15.9 Å². The fourth-order valence-corrected chi connectivity index (χ4v) is 1.38.